The first-order chi connectivity index (χ1) is 13.9. The number of piperidine rings is 1. The number of carbonyl (C=O) groups is 1. The monoisotopic (exact) mass is 415 g/mol. The first-order valence-electron chi connectivity index (χ1n) is 9.37. The lowest BCUT2D eigenvalue weighted by molar-refractivity contribution is -0.126. The fraction of sp³-hybridized carbons (Fsp3) is 0.300. The summed E-state index contributed by atoms with van der Waals surface area (Å²) in [5, 5.41) is 3.44. The zero-order valence-electron chi connectivity index (χ0n) is 15.6. The molecule has 152 valence electrons. The van der Waals surface area contributed by atoms with Crippen molar-refractivity contribution in [2.24, 2.45) is 5.92 Å². The SMILES string of the molecule is O=C(NCc1ccco1)[C@H]1CCCN(S(=O)(=O)c2ccc3[nH]c(=O)ccc3c2)C1. The van der Waals surface area contributed by atoms with Crippen molar-refractivity contribution >= 4 is 26.8 Å². The van der Waals surface area contributed by atoms with E-state index in [0.717, 1.165) is 0 Å². The van der Waals surface area contributed by atoms with Gasteiger partial charge in [-0.05, 0) is 54.6 Å². The second-order valence-electron chi connectivity index (χ2n) is 7.07. The maximum absolute atomic E-state index is 13.1. The summed E-state index contributed by atoms with van der Waals surface area (Å²) in [7, 11) is -3.75. The normalized spacial score (nSPS) is 18.0. The minimum Gasteiger partial charge on any atom is -0.467 e. The van der Waals surface area contributed by atoms with Crippen LogP contribution in [0, 0.1) is 5.92 Å². The second kappa shape index (κ2) is 7.84. The molecule has 2 aromatic heterocycles. The highest BCUT2D eigenvalue weighted by atomic mass is 32.2. The number of hydrogen-bond acceptors (Lipinski definition) is 5. The maximum atomic E-state index is 13.1. The van der Waals surface area contributed by atoms with Crippen molar-refractivity contribution in [2.45, 2.75) is 24.3 Å². The number of benzene rings is 1. The number of pyridine rings is 1. The number of aromatic amines is 1. The quantitative estimate of drug-likeness (QED) is 0.660. The second-order valence-corrected chi connectivity index (χ2v) is 9.01. The van der Waals surface area contributed by atoms with Crippen LogP contribution in [-0.4, -0.2) is 36.7 Å². The lowest BCUT2D eigenvalue weighted by Crippen LogP contribution is -2.45. The van der Waals surface area contributed by atoms with Crippen molar-refractivity contribution in [3.8, 4) is 0 Å². The van der Waals surface area contributed by atoms with E-state index in [1.54, 1.807) is 30.3 Å². The van der Waals surface area contributed by atoms with Gasteiger partial charge in [0.15, 0.2) is 0 Å². The average molecular weight is 415 g/mol. The summed E-state index contributed by atoms with van der Waals surface area (Å²) in [5.74, 6) is 0.0514. The number of sulfonamides is 1. The van der Waals surface area contributed by atoms with Crippen LogP contribution in [0.3, 0.4) is 0 Å². The van der Waals surface area contributed by atoms with E-state index in [2.05, 4.69) is 10.3 Å². The Labute approximate surface area is 167 Å². The average Bonchev–Trinajstić information content (AvgIpc) is 3.25. The van der Waals surface area contributed by atoms with E-state index in [-0.39, 0.29) is 29.5 Å². The van der Waals surface area contributed by atoms with Crippen LogP contribution in [0.1, 0.15) is 18.6 Å². The van der Waals surface area contributed by atoms with Gasteiger partial charge in [-0.3, -0.25) is 9.59 Å². The Kier molecular flexibility index (Phi) is 5.25. The summed E-state index contributed by atoms with van der Waals surface area (Å²) >= 11 is 0. The molecule has 8 nitrogen and oxygen atoms in total. The van der Waals surface area contributed by atoms with Crippen LogP contribution >= 0.6 is 0 Å². The van der Waals surface area contributed by atoms with Crippen LogP contribution in [-0.2, 0) is 21.4 Å². The Morgan fingerprint density at radius 3 is 2.90 bits per heavy atom. The Morgan fingerprint density at radius 2 is 2.10 bits per heavy atom. The van der Waals surface area contributed by atoms with Gasteiger partial charge in [-0.2, -0.15) is 4.31 Å². The zero-order chi connectivity index (χ0) is 20.4. The molecule has 1 aromatic carbocycles. The molecule has 9 heteroatoms. The highest BCUT2D eigenvalue weighted by Crippen LogP contribution is 2.25. The molecule has 1 aliphatic heterocycles. The lowest BCUT2D eigenvalue weighted by Gasteiger charge is -2.31. The first kappa shape index (κ1) is 19.4. The van der Waals surface area contributed by atoms with Gasteiger partial charge in [-0.25, -0.2) is 8.42 Å². The summed E-state index contributed by atoms with van der Waals surface area (Å²) in [6, 6.07) is 11.1. The summed E-state index contributed by atoms with van der Waals surface area (Å²) in [5.41, 5.74) is 0.331. The largest absolute Gasteiger partial charge is 0.467 e. The molecule has 0 bridgehead atoms. The summed E-state index contributed by atoms with van der Waals surface area (Å²) in [6.07, 6.45) is 2.78. The molecule has 0 spiro atoms. The predicted octanol–water partition coefficient (Wildman–Crippen LogP) is 1.84. The lowest BCUT2D eigenvalue weighted by atomic mass is 9.99. The third-order valence-electron chi connectivity index (χ3n) is 5.10. The Bertz CT molecular complexity index is 1180. The fourth-order valence-electron chi connectivity index (χ4n) is 3.55. The van der Waals surface area contributed by atoms with Crippen LogP contribution in [0.2, 0.25) is 0 Å². The van der Waals surface area contributed by atoms with Crippen LogP contribution in [0.25, 0.3) is 10.9 Å². The van der Waals surface area contributed by atoms with Crippen molar-refractivity contribution in [1.29, 1.82) is 0 Å². The number of H-pyrrole nitrogens is 1. The molecular formula is C20H21N3O5S. The smallest absolute Gasteiger partial charge is 0.248 e. The number of nitrogens with zero attached hydrogens (tertiary/aromatic N) is 1. The van der Waals surface area contributed by atoms with Crippen LogP contribution < -0.4 is 10.9 Å². The van der Waals surface area contributed by atoms with E-state index in [4.69, 9.17) is 4.42 Å². The van der Waals surface area contributed by atoms with Gasteiger partial charge < -0.3 is 14.7 Å². The Morgan fingerprint density at radius 1 is 1.24 bits per heavy atom. The molecule has 1 fully saturated rings. The molecule has 2 N–H and O–H groups in total. The molecule has 0 radical (unpaired) electrons. The third-order valence-corrected chi connectivity index (χ3v) is 6.97. The molecule has 1 amide bonds. The standard InChI is InChI=1S/C20H21N3O5S/c24-19-8-5-14-11-17(6-7-18(14)22-19)29(26,27)23-9-1-3-15(13-23)20(25)21-12-16-4-2-10-28-16/h2,4-8,10-11,15H,1,3,9,12-13H2,(H,21,25)(H,22,24)/t15-/m0/s1. The molecule has 4 rings (SSSR count). The molecule has 3 heterocycles. The topological polar surface area (TPSA) is 112 Å². The Hall–Kier alpha value is -2.91. The van der Waals surface area contributed by atoms with E-state index in [1.807, 2.05) is 0 Å². The van der Waals surface area contributed by atoms with E-state index in [9.17, 15) is 18.0 Å². The van der Waals surface area contributed by atoms with Gasteiger partial charge in [0.25, 0.3) is 0 Å². The highest BCUT2D eigenvalue weighted by Gasteiger charge is 2.33. The molecular weight excluding hydrogens is 394 g/mol. The van der Waals surface area contributed by atoms with E-state index < -0.39 is 15.9 Å². The molecule has 1 atom stereocenters. The molecule has 1 aliphatic rings. The number of amides is 1. The number of nitrogens with one attached hydrogen (secondary N) is 2. The van der Waals surface area contributed by atoms with Gasteiger partial charge in [-0.15, -0.1) is 0 Å². The van der Waals surface area contributed by atoms with Gasteiger partial charge >= 0.3 is 0 Å². The minimum absolute atomic E-state index is 0.135. The number of aromatic nitrogens is 1. The minimum atomic E-state index is -3.75. The maximum Gasteiger partial charge on any atom is 0.248 e. The number of rotatable bonds is 5. The molecule has 1 saturated heterocycles. The summed E-state index contributed by atoms with van der Waals surface area (Å²) in [6.45, 7) is 0.780. The number of hydrogen-bond donors (Lipinski definition) is 2. The van der Waals surface area contributed by atoms with Crippen LogP contribution in [0.5, 0.6) is 0 Å². The van der Waals surface area contributed by atoms with Crippen LogP contribution in [0.4, 0.5) is 0 Å². The molecule has 0 unspecified atom stereocenters. The van der Waals surface area contributed by atoms with Crippen molar-refractivity contribution in [1.82, 2.24) is 14.6 Å². The predicted molar refractivity (Wildman–Crippen MR) is 107 cm³/mol. The summed E-state index contributed by atoms with van der Waals surface area (Å²) in [4.78, 5) is 26.7. The Balaban J connectivity index is 1.50. The number of fused-ring (bicyclic) bond motifs is 1. The van der Waals surface area contributed by atoms with Crippen molar-refractivity contribution in [3.05, 3.63) is 64.8 Å². The van der Waals surface area contributed by atoms with Gasteiger partial charge in [0.05, 0.1) is 23.6 Å². The van der Waals surface area contributed by atoms with Gasteiger partial charge in [-0.1, -0.05) is 0 Å². The molecule has 29 heavy (non-hydrogen) atoms. The van der Waals surface area contributed by atoms with E-state index in [1.165, 1.54) is 22.7 Å². The molecule has 3 aromatic rings. The van der Waals surface area contributed by atoms with Gasteiger partial charge in [0, 0.05) is 24.7 Å². The van der Waals surface area contributed by atoms with Gasteiger partial charge in [0.1, 0.15) is 5.76 Å². The van der Waals surface area contributed by atoms with Crippen LogP contribution in [0.15, 0.2) is 62.8 Å². The van der Waals surface area contributed by atoms with E-state index >= 15 is 0 Å². The highest BCUT2D eigenvalue weighted by molar-refractivity contribution is 7.89. The van der Waals surface area contributed by atoms with Crippen molar-refractivity contribution in [3.63, 3.8) is 0 Å². The summed E-state index contributed by atoms with van der Waals surface area (Å²) < 4.78 is 32.8. The fourth-order valence-corrected chi connectivity index (χ4v) is 5.11. The first-order valence-corrected chi connectivity index (χ1v) is 10.8. The van der Waals surface area contributed by atoms with Crippen molar-refractivity contribution in [2.75, 3.05) is 13.1 Å². The number of furan rings is 1. The zero-order valence-corrected chi connectivity index (χ0v) is 16.4. The molecule has 0 aliphatic carbocycles. The van der Waals surface area contributed by atoms with Gasteiger partial charge in [0.2, 0.25) is 21.5 Å². The van der Waals surface area contributed by atoms with Crippen molar-refractivity contribution < 1.29 is 17.6 Å². The van der Waals surface area contributed by atoms with E-state index in [0.29, 0.717) is 36.0 Å². The molecule has 0 saturated carbocycles. The number of carbonyl (C=O) groups excluding carboxylic acids is 1. The third kappa shape index (κ3) is 4.10.